The van der Waals surface area contributed by atoms with Crippen LogP contribution in [0.3, 0.4) is 0 Å². The molecule has 0 saturated carbocycles. The molecule has 0 aliphatic carbocycles. The van der Waals surface area contributed by atoms with Crippen molar-refractivity contribution in [3.63, 3.8) is 0 Å². The van der Waals surface area contributed by atoms with Crippen molar-refractivity contribution in [2.24, 2.45) is 4.99 Å². The van der Waals surface area contributed by atoms with E-state index < -0.39 is 0 Å². The average Bonchev–Trinajstić information content (AvgIpc) is 2.72. The van der Waals surface area contributed by atoms with Crippen molar-refractivity contribution in [1.29, 1.82) is 0 Å². The third-order valence-electron chi connectivity index (χ3n) is 4.71. The summed E-state index contributed by atoms with van der Waals surface area (Å²) in [6.07, 6.45) is 0. The maximum atomic E-state index is 4.74. The van der Waals surface area contributed by atoms with E-state index in [1.165, 1.54) is 33.4 Å². The summed E-state index contributed by atoms with van der Waals surface area (Å²) < 4.78 is 0. The molecule has 0 aromatic heterocycles. The number of benzene rings is 3. The Labute approximate surface area is 149 Å². The highest BCUT2D eigenvalue weighted by atomic mass is 14.9. The van der Waals surface area contributed by atoms with Gasteiger partial charge in [-0.15, -0.1) is 0 Å². The van der Waals surface area contributed by atoms with E-state index >= 15 is 0 Å². The van der Waals surface area contributed by atoms with E-state index in [2.05, 4.69) is 86.8 Å². The van der Waals surface area contributed by atoms with E-state index in [0.29, 0.717) is 0 Å². The van der Waals surface area contributed by atoms with Gasteiger partial charge in [0.1, 0.15) is 0 Å². The van der Waals surface area contributed by atoms with Crippen LogP contribution in [0, 0.1) is 13.8 Å². The van der Waals surface area contributed by atoms with Gasteiger partial charge in [0.15, 0.2) is 0 Å². The Morgan fingerprint density at radius 1 is 0.720 bits per heavy atom. The summed E-state index contributed by atoms with van der Waals surface area (Å²) in [6.45, 7) is 7.09. The number of hydrogen-bond acceptors (Lipinski definition) is 2. The number of fused-ring (bicyclic) bond motifs is 3. The molecule has 1 aliphatic rings. The van der Waals surface area contributed by atoms with Crippen LogP contribution in [0.25, 0.3) is 11.1 Å². The van der Waals surface area contributed by atoms with Crippen LogP contribution >= 0.6 is 0 Å². The first-order chi connectivity index (χ1) is 12.1. The summed E-state index contributed by atoms with van der Waals surface area (Å²) in [5.41, 5.74) is 10.9. The van der Waals surface area contributed by atoms with Gasteiger partial charge >= 0.3 is 0 Å². The summed E-state index contributed by atoms with van der Waals surface area (Å²) in [4.78, 5) is 4.74. The summed E-state index contributed by atoms with van der Waals surface area (Å²) in [5, 5.41) is 3.56. The molecule has 0 spiro atoms. The Bertz CT molecular complexity index is 963. The maximum absolute atomic E-state index is 4.74. The molecule has 0 bridgehead atoms. The predicted octanol–water partition coefficient (Wildman–Crippen LogP) is 6.04. The molecule has 2 nitrogen and oxygen atoms in total. The lowest BCUT2D eigenvalue weighted by molar-refractivity contribution is 1.08. The summed E-state index contributed by atoms with van der Waals surface area (Å²) in [6, 6.07) is 21.7. The van der Waals surface area contributed by atoms with E-state index in [1.807, 2.05) is 0 Å². The third-order valence-corrected chi connectivity index (χ3v) is 4.71. The molecule has 1 N–H and O–H groups in total. The second-order valence-corrected chi connectivity index (χ2v) is 6.82. The molecule has 3 aromatic carbocycles. The van der Waals surface area contributed by atoms with Crippen molar-refractivity contribution in [2.45, 2.75) is 27.3 Å². The molecule has 0 fully saturated rings. The zero-order chi connectivity index (χ0) is 17.4. The zero-order valence-corrected chi connectivity index (χ0v) is 14.9. The minimum Gasteiger partial charge on any atom is -0.355 e. The number of nitrogens with zero attached hydrogens (tertiary/aromatic N) is 1. The summed E-state index contributed by atoms with van der Waals surface area (Å²) in [7, 11) is 0. The van der Waals surface area contributed by atoms with Crippen LogP contribution in [-0.4, -0.2) is 5.71 Å². The van der Waals surface area contributed by atoms with Gasteiger partial charge in [-0.1, -0.05) is 36.4 Å². The normalized spacial score (nSPS) is 12.7. The second kappa shape index (κ2) is 6.21. The fourth-order valence-corrected chi connectivity index (χ4v) is 3.58. The Hall–Kier alpha value is -2.87. The molecular weight excluding hydrogens is 304 g/mol. The van der Waals surface area contributed by atoms with Crippen LogP contribution in [0.1, 0.15) is 29.2 Å². The van der Waals surface area contributed by atoms with Crippen molar-refractivity contribution in [3.05, 3.63) is 82.9 Å². The van der Waals surface area contributed by atoms with Crippen molar-refractivity contribution >= 4 is 17.1 Å². The second-order valence-electron chi connectivity index (χ2n) is 6.82. The first kappa shape index (κ1) is 15.6. The Morgan fingerprint density at radius 3 is 2.20 bits per heavy atom. The van der Waals surface area contributed by atoms with E-state index in [0.717, 1.165) is 23.6 Å². The Balaban J connectivity index is 1.77. The lowest BCUT2D eigenvalue weighted by Gasteiger charge is -2.14. The number of nitrogens with one attached hydrogen (secondary N) is 1. The molecule has 3 aromatic rings. The van der Waals surface area contributed by atoms with Gasteiger partial charge in [-0.3, -0.25) is 4.99 Å². The van der Waals surface area contributed by atoms with Gasteiger partial charge < -0.3 is 5.32 Å². The quantitative estimate of drug-likeness (QED) is 0.610. The fourth-order valence-electron chi connectivity index (χ4n) is 3.58. The lowest BCUT2D eigenvalue weighted by Crippen LogP contribution is -1.96. The highest BCUT2D eigenvalue weighted by molar-refractivity contribution is 6.05. The standard InChI is InChI=1S/C23H22N2/c1-15-10-16(2)12-20(11-15)25-19-9-8-18-14-24-17(3)21-6-4-5-7-22(21)23(18)13-19/h4-13,25H,14H2,1-3H3. The van der Waals surface area contributed by atoms with Crippen LogP contribution in [-0.2, 0) is 6.54 Å². The van der Waals surface area contributed by atoms with E-state index in [1.54, 1.807) is 0 Å². The predicted molar refractivity (Wildman–Crippen MR) is 107 cm³/mol. The fraction of sp³-hybridized carbons (Fsp3) is 0.174. The highest BCUT2D eigenvalue weighted by Crippen LogP contribution is 2.34. The van der Waals surface area contributed by atoms with Gasteiger partial charge in [-0.2, -0.15) is 0 Å². The maximum Gasteiger partial charge on any atom is 0.0649 e. The van der Waals surface area contributed by atoms with Crippen molar-refractivity contribution in [1.82, 2.24) is 0 Å². The molecule has 0 radical (unpaired) electrons. The molecule has 2 heteroatoms. The van der Waals surface area contributed by atoms with Crippen LogP contribution in [0.15, 0.2) is 65.7 Å². The smallest absolute Gasteiger partial charge is 0.0649 e. The topological polar surface area (TPSA) is 24.4 Å². The largest absolute Gasteiger partial charge is 0.355 e. The van der Waals surface area contributed by atoms with Crippen molar-refractivity contribution < 1.29 is 0 Å². The van der Waals surface area contributed by atoms with Crippen LogP contribution < -0.4 is 5.32 Å². The number of aryl methyl sites for hydroxylation is 2. The van der Waals surface area contributed by atoms with Gasteiger partial charge in [0.05, 0.1) is 6.54 Å². The Kier molecular flexibility index (Phi) is 3.89. The van der Waals surface area contributed by atoms with Crippen LogP contribution in [0.2, 0.25) is 0 Å². The van der Waals surface area contributed by atoms with E-state index in [4.69, 9.17) is 4.99 Å². The molecular formula is C23H22N2. The summed E-state index contributed by atoms with van der Waals surface area (Å²) >= 11 is 0. The SMILES string of the molecule is CC1=NCc2ccc(Nc3cc(C)cc(C)c3)cc2-c2ccccc21. The first-order valence-electron chi connectivity index (χ1n) is 8.69. The summed E-state index contributed by atoms with van der Waals surface area (Å²) in [5.74, 6) is 0. The van der Waals surface area contributed by atoms with E-state index in [-0.39, 0.29) is 0 Å². The molecule has 25 heavy (non-hydrogen) atoms. The monoisotopic (exact) mass is 326 g/mol. The first-order valence-corrected chi connectivity index (χ1v) is 8.69. The molecule has 0 atom stereocenters. The lowest BCUT2D eigenvalue weighted by atomic mass is 9.94. The van der Waals surface area contributed by atoms with Crippen LogP contribution in [0.4, 0.5) is 11.4 Å². The minimum atomic E-state index is 0.736. The van der Waals surface area contributed by atoms with E-state index in [9.17, 15) is 0 Å². The number of anilines is 2. The third kappa shape index (κ3) is 3.08. The molecule has 124 valence electrons. The Morgan fingerprint density at radius 2 is 1.44 bits per heavy atom. The van der Waals surface area contributed by atoms with Crippen molar-refractivity contribution in [3.8, 4) is 11.1 Å². The van der Waals surface area contributed by atoms with Gasteiger partial charge in [-0.25, -0.2) is 0 Å². The molecule has 4 rings (SSSR count). The molecule has 0 amide bonds. The van der Waals surface area contributed by atoms with Gasteiger partial charge in [0.2, 0.25) is 0 Å². The molecule has 0 saturated heterocycles. The highest BCUT2D eigenvalue weighted by Gasteiger charge is 2.15. The van der Waals surface area contributed by atoms with Gasteiger partial charge in [0, 0.05) is 22.6 Å². The number of hydrogen-bond donors (Lipinski definition) is 1. The average molecular weight is 326 g/mol. The minimum absolute atomic E-state index is 0.736. The van der Waals surface area contributed by atoms with Gasteiger partial charge in [0.25, 0.3) is 0 Å². The van der Waals surface area contributed by atoms with Crippen molar-refractivity contribution in [2.75, 3.05) is 5.32 Å². The number of aliphatic imine (C=N–C) groups is 1. The van der Waals surface area contributed by atoms with Crippen LogP contribution in [0.5, 0.6) is 0 Å². The number of rotatable bonds is 2. The molecule has 1 aliphatic heterocycles. The zero-order valence-electron chi connectivity index (χ0n) is 14.9. The molecule has 0 unspecified atom stereocenters. The molecule has 1 heterocycles. The van der Waals surface area contributed by atoms with Gasteiger partial charge in [-0.05, 0) is 72.9 Å².